The number of carboxylic acid groups (broad SMARTS) is 1. The predicted octanol–water partition coefficient (Wildman–Crippen LogP) is 2.21. The number of aromatic amines is 1. The number of nitrogens with one attached hydrogen (secondary N) is 2. The Morgan fingerprint density at radius 3 is 2.52 bits per heavy atom. The smallest absolute Gasteiger partial charge is 0.352 e. The molecule has 0 aliphatic carbocycles. The molecular weight excluding hydrogens is 272 g/mol. The molecule has 1 heterocycles. The van der Waals surface area contributed by atoms with Gasteiger partial charge in [-0.1, -0.05) is 30.3 Å². The summed E-state index contributed by atoms with van der Waals surface area (Å²) >= 11 is 0. The molecule has 0 unspecified atom stereocenters. The molecule has 2 rings (SSSR count). The third-order valence-electron chi connectivity index (χ3n) is 3.04. The van der Waals surface area contributed by atoms with Gasteiger partial charge in [0, 0.05) is 13.1 Å². The van der Waals surface area contributed by atoms with Crippen LogP contribution in [0, 0.1) is 0 Å². The number of H-pyrrole nitrogens is 1. The van der Waals surface area contributed by atoms with Crippen LogP contribution in [-0.4, -0.2) is 29.0 Å². The summed E-state index contributed by atoms with van der Waals surface area (Å²) in [5, 5.41) is 11.5. The highest BCUT2D eigenvalue weighted by Gasteiger charge is 2.20. The van der Waals surface area contributed by atoms with Crippen molar-refractivity contribution in [3.8, 4) is 5.75 Å². The summed E-state index contributed by atoms with van der Waals surface area (Å²) in [4.78, 5) is 25.3. The molecule has 1 aromatic heterocycles. The number of benzene rings is 1. The molecule has 1 atom stereocenters. The van der Waals surface area contributed by atoms with E-state index < -0.39 is 11.9 Å². The quantitative estimate of drug-likeness (QED) is 0.786. The van der Waals surface area contributed by atoms with E-state index in [1.165, 1.54) is 13.1 Å². The van der Waals surface area contributed by atoms with Gasteiger partial charge in [0.1, 0.15) is 17.5 Å². The zero-order chi connectivity index (χ0) is 15.4. The summed E-state index contributed by atoms with van der Waals surface area (Å²) in [6.45, 7) is 1.83. The number of carbonyl (C=O) groups excluding carboxylic acids is 1. The fourth-order valence-corrected chi connectivity index (χ4v) is 1.92. The molecule has 1 aromatic carbocycles. The average molecular weight is 288 g/mol. The number of ether oxygens (including phenoxy) is 1. The number of carboxylic acids is 1. The molecule has 0 aliphatic rings. The summed E-state index contributed by atoms with van der Waals surface area (Å²) in [5.41, 5.74) is 0.931. The van der Waals surface area contributed by atoms with E-state index in [-0.39, 0.29) is 23.2 Å². The molecule has 6 heteroatoms. The highest BCUT2D eigenvalue weighted by molar-refractivity contribution is 5.97. The molecule has 1 amide bonds. The Kier molecular flexibility index (Phi) is 4.27. The SMILES string of the molecule is CNC(=O)c1[nH]c(C(=O)O)cc1O[C@@H](C)c1ccccc1. The maximum absolute atomic E-state index is 11.8. The first kappa shape index (κ1) is 14.6. The molecule has 21 heavy (non-hydrogen) atoms. The second-order valence-corrected chi connectivity index (χ2v) is 4.48. The Bertz CT molecular complexity index is 649. The molecule has 0 spiro atoms. The minimum atomic E-state index is -1.15. The number of aromatic carboxylic acids is 1. The number of aromatic nitrogens is 1. The van der Waals surface area contributed by atoms with Crippen LogP contribution in [0.3, 0.4) is 0 Å². The van der Waals surface area contributed by atoms with Gasteiger partial charge in [-0.3, -0.25) is 4.79 Å². The van der Waals surface area contributed by atoms with E-state index in [1.807, 2.05) is 37.3 Å². The van der Waals surface area contributed by atoms with Crippen molar-refractivity contribution in [3.63, 3.8) is 0 Å². The number of hydrogen-bond donors (Lipinski definition) is 3. The molecule has 0 saturated carbocycles. The van der Waals surface area contributed by atoms with Crippen molar-refractivity contribution < 1.29 is 19.4 Å². The summed E-state index contributed by atoms with van der Waals surface area (Å²) in [7, 11) is 1.47. The van der Waals surface area contributed by atoms with Crippen LogP contribution < -0.4 is 10.1 Å². The lowest BCUT2D eigenvalue weighted by Crippen LogP contribution is -2.19. The number of rotatable bonds is 5. The summed E-state index contributed by atoms with van der Waals surface area (Å²) in [5.74, 6) is -1.37. The summed E-state index contributed by atoms with van der Waals surface area (Å²) in [6.07, 6.45) is -0.313. The second kappa shape index (κ2) is 6.13. The topological polar surface area (TPSA) is 91.4 Å². The van der Waals surface area contributed by atoms with E-state index in [4.69, 9.17) is 9.84 Å². The average Bonchev–Trinajstić information content (AvgIpc) is 2.91. The first-order valence-corrected chi connectivity index (χ1v) is 6.43. The summed E-state index contributed by atoms with van der Waals surface area (Å²) < 4.78 is 5.73. The van der Waals surface area contributed by atoms with Crippen molar-refractivity contribution in [2.45, 2.75) is 13.0 Å². The molecule has 0 fully saturated rings. The van der Waals surface area contributed by atoms with Gasteiger partial charge >= 0.3 is 5.97 Å². The van der Waals surface area contributed by atoms with E-state index in [0.717, 1.165) is 5.56 Å². The van der Waals surface area contributed by atoms with Crippen molar-refractivity contribution >= 4 is 11.9 Å². The Balaban J connectivity index is 2.30. The van der Waals surface area contributed by atoms with Crippen molar-refractivity contribution in [1.82, 2.24) is 10.3 Å². The van der Waals surface area contributed by atoms with Crippen LogP contribution in [0.25, 0.3) is 0 Å². The lowest BCUT2D eigenvalue weighted by atomic mass is 10.1. The fraction of sp³-hybridized carbons (Fsp3) is 0.200. The lowest BCUT2D eigenvalue weighted by Gasteiger charge is -2.14. The third-order valence-corrected chi connectivity index (χ3v) is 3.04. The van der Waals surface area contributed by atoms with Gasteiger partial charge in [-0.25, -0.2) is 4.79 Å². The molecule has 0 aliphatic heterocycles. The van der Waals surface area contributed by atoms with Crippen LogP contribution in [0.4, 0.5) is 0 Å². The van der Waals surface area contributed by atoms with Gasteiger partial charge in [0.05, 0.1) is 0 Å². The van der Waals surface area contributed by atoms with Crippen LogP contribution in [0.1, 0.15) is 39.6 Å². The van der Waals surface area contributed by atoms with Gasteiger partial charge in [-0.2, -0.15) is 0 Å². The van der Waals surface area contributed by atoms with Crippen molar-refractivity contribution in [1.29, 1.82) is 0 Å². The fourth-order valence-electron chi connectivity index (χ4n) is 1.92. The van der Waals surface area contributed by atoms with Gasteiger partial charge in [0.25, 0.3) is 5.91 Å². The standard InChI is InChI=1S/C15H16N2O4/c1-9(10-6-4-3-5-7-10)21-12-8-11(15(19)20)17-13(12)14(18)16-2/h3-9,17H,1-2H3,(H,16,18)(H,19,20)/t9-/m0/s1. The Morgan fingerprint density at radius 1 is 1.29 bits per heavy atom. The van der Waals surface area contributed by atoms with E-state index >= 15 is 0 Å². The normalized spacial score (nSPS) is 11.7. The number of hydrogen-bond acceptors (Lipinski definition) is 3. The lowest BCUT2D eigenvalue weighted by molar-refractivity contribution is 0.0691. The minimum absolute atomic E-state index is 0.0936. The minimum Gasteiger partial charge on any atom is -0.484 e. The summed E-state index contributed by atoms with van der Waals surface area (Å²) in [6, 6.07) is 10.8. The van der Waals surface area contributed by atoms with E-state index in [2.05, 4.69) is 10.3 Å². The van der Waals surface area contributed by atoms with Crippen molar-refractivity contribution in [3.05, 3.63) is 53.3 Å². The van der Waals surface area contributed by atoms with Gasteiger partial charge in [-0.15, -0.1) is 0 Å². The van der Waals surface area contributed by atoms with Crippen molar-refractivity contribution in [2.75, 3.05) is 7.05 Å². The predicted molar refractivity (Wildman–Crippen MR) is 76.6 cm³/mol. The number of amides is 1. The first-order chi connectivity index (χ1) is 10.0. The Morgan fingerprint density at radius 2 is 1.95 bits per heavy atom. The molecule has 0 bridgehead atoms. The third kappa shape index (κ3) is 3.22. The molecule has 6 nitrogen and oxygen atoms in total. The Hall–Kier alpha value is -2.76. The van der Waals surface area contributed by atoms with E-state index in [1.54, 1.807) is 0 Å². The van der Waals surface area contributed by atoms with Crippen LogP contribution in [0.5, 0.6) is 5.75 Å². The maximum atomic E-state index is 11.8. The van der Waals surface area contributed by atoms with Crippen molar-refractivity contribution in [2.24, 2.45) is 0 Å². The van der Waals surface area contributed by atoms with Crippen LogP contribution in [0.15, 0.2) is 36.4 Å². The molecular formula is C15H16N2O4. The molecule has 0 radical (unpaired) electrons. The van der Waals surface area contributed by atoms with Gasteiger partial charge in [-0.05, 0) is 12.5 Å². The van der Waals surface area contributed by atoms with E-state index in [0.29, 0.717) is 0 Å². The monoisotopic (exact) mass is 288 g/mol. The first-order valence-electron chi connectivity index (χ1n) is 6.43. The van der Waals surface area contributed by atoms with Gasteiger partial charge in [0.15, 0.2) is 5.75 Å². The highest BCUT2D eigenvalue weighted by atomic mass is 16.5. The number of carbonyl (C=O) groups is 2. The van der Waals surface area contributed by atoms with E-state index in [9.17, 15) is 9.59 Å². The van der Waals surface area contributed by atoms with Gasteiger partial charge in [0.2, 0.25) is 0 Å². The molecule has 0 saturated heterocycles. The van der Waals surface area contributed by atoms with Crippen LogP contribution in [-0.2, 0) is 0 Å². The zero-order valence-electron chi connectivity index (χ0n) is 11.7. The zero-order valence-corrected chi connectivity index (χ0v) is 11.7. The molecule has 3 N–H and O–H groups in total. The Labute approximate surface area is 121 Å². The molecule has 110 valence electrons. The van der Waals surface area contributed by atoms with Gasteiger partial charge < -0.3 is 20.1 Å². The van der Waals surface area contributed by atoms with Crippen LogP contribution in [0.2, 0.25) is 0 Å². The largest absolute Gasteiger partial charge is 0.484 e. The molecule has 2 aromatic rings. The highest BCUT2D eigenvalue weighted by Crippen LogP contribution is 2.26. The van der Waals surface area contributed by atoms with Crippen LogP contribution >= 0.6 is 0 Å². The second-order valence-electron chi connectivity index (χ2n) is 4.48. The maximum Gasteiger partial charge on any atom is 0.352 e.